The number of benzene rings is 1. The highest BCUT2D eigenvalue weighted by atomic mass is 127. The van der Waals surface area contributed by atoms with Crippen LogP contribution in [0.4, 0.5) is 0 Å². The molecule has 1 amide bonds. The van der Waals surface area contributed by atoms with Crippen LogP contribution in [0.15, 0.2) is 29.3 Å². The van der Waals surface area contributed by atoms with Gasteiger partial charge in [-0.05, 0) is 25.8 Å². The standard InChI is InChI=1S/C17H28N4O.HI/c1-4-10-19-16(22)9-11-20-17(18-5-2)21-13-15-8-6-7-14(3)12-15;/h6-8,12H,4-5,9-11,13H2,1-3H3,(H,19,22)(H2,18,20,21);1H. The number of carbonyl (C=O) groups excluding carboxylic acids is 1. The van der Waals surface area contributed by atoms with Crippen LogP contribution < -0.4 is 16.0 Å². The fourth-order valence-corrected chi connectivity index (χ4v) is 1.97. The maximum Gasteiger partial charge on any atom is 0.221 e. The molecular formula is C17H29IN4O. The van der Waals surface area contributed by atoms with Crippen molar-refractivity contribution >= 4 is 35.8 Å². The quantitative estimate of drug-likeness (QED) is 0.336. The minimum absolute atomic E-state index is 0. The lowest BCUT2D eigenvalue weighted by atomic mass is 10.1. The molecule has 0 atom stereocenters. The van der Waals surface area contributed by atoms with Gasteiger partial charge in [0.05, 0.1) is 6.54 Å². The zero-order valence-electron chi connectivity index (χ0n) is 14.3. The average Bonchev–Trinajstić information content (AvgIpc) is 2.50. The normalized spacial score (nSPS) is 10.7. The third kappa shape index (κ3) is 10.1. The van der Waals surface area contributed by atoms with Gasteiger partial charge in [0.25, 0.3) is 0 Å². The van der Waals surface area contributed by atoms with Gasteiger partial charge in [0.2, 0.25) is 5.91 Å². The van der Waals surface area contributed by atoms with E-state index in [0.29, 0.717) is 19.5 Å². The van der Waals surface area contributed by atoms with Gasteiger partial charge in [-0.3, -0.25) is 4.79 Å². The van der Waals surface area contributed by atoms with Crippen LogP contribution >= 0.6 is 24.0 Å². The lowest BCUT2D eigenvalue weighted by Gasteiger charge is -2.11. The Morgan fingerprint density at radius 1 is 1.13 bits per heavy atom. The van der Waals surface area contributed by atoms with Crippen LogP contribution in [0.3, 0.4) is 0 Å². The molecule has 0 unspecified atom stereocenters. The van der Waals surface area contributed by atoms with Gasteiger partial charge in [-0.1, -0.05) is 36.8 Å². The zero-order valence-corrected chi connectivity index (χ0v) is 16.6. The highest BCUT2D eigenvalue weighted by Crippen LogP contribution is 2.04. The third-order valence-corrected chi connectivity index (χ3v) is 3.06. The topological polar surface area (TPSA) is 65.5 Å². The van der Waals surface area contributed by atoms with Crippen LogP contribution in [-0.2, 0) is 11.3 Å². The molecule has 0 spiro atoms. The van der Waals surface area contributed by atoms with Crippen molar-refractivity contribution in [2.24, 2.45) is 4.99 Å². The van der Waals surface area contributed by atoms with Crippen molar-refractivity contribution < 1.29 is 4.79 Å². The summed E-state index contributed by atoms with van der Waals surface area (Å²) in [7, 11) is 0. The summed E-state index contributed by atoms with van der Waals surface area (Å²) in [6.45, 7) is 8.87. The van der Waals surface area contributed by atoms with Crippen molar-refractivity contribution in [3.8, 4) is 0 Å². The molecule has 1 rings (SSSR count). The fourth-order valence-electron chi connectivity index (χ4n) is 1.97. The first-order valence-electron chi connectivity index (χ1n) is 8.00. The smallest absolute Gasteiger partial charge is 0.221 e. The first kappa shape index (κ1) is 21.7. The lowest BCUT2D eigenvalue weighted by Crippen LogP contribution is -2.39. The van der Waals surface area contributed by atoms with Crippen molar-refractivity contribution in [2.45, 2.75) is 40.2 Å². The Kier molecular flexibility index (Phi) is 12.4. The molecule has 0 aliphatic carbocycles. The van der Waals surface area contributed by atoms with Gasteiger partial charge in [-0.2, -0.15) is 0 Å². The largest absolute Gasteiger partial charge is 0.357 e. The van der Waals surface area contributed by atoms with Crippen molar-refractivity contribution in [2.75, 3.05) is 19.6 Å². The second kappa shape index (κ2) is 13.2. The Morgan fingerprint density at radius 2 is 1.91 bits per heavy atom. The number of aryl methyl sites for hydroxylation is 1. The highest BCUT2D eigenvalue weighted by Gasteiger charge is 2.02. The predicted octanol–water partition coefficient (Wildman–Crippen LogP) is 2.58. The second-order valence-corrected chi connectivity index (χ2v) is 5.21. The third-order valence-electron chi connectivity index (χ3n) is 3.06. The monoisotopic (exact) mass is 432 g/mol. The summed E-state index contributed by atoms with van der Waals surface area (Å²) in [4.78, 5) is 16.1. The molecule has 0 saturated heterocycles. The van der Waals surface area contributed by atoms with Gasteiger partial charge in [-0.25, -0.2) is 4.99 Å². The minimum Gasteiger partial charge on any atom is -0.357 e. The van der Waals surface area contributed by atoms with E-state index in [-0.39, 0.29) is 29.9 Å². The minimum atomic E-state index is 0. The van der Waals surface area contributed by atoms with E-state index in [0.717, 1.165) is 25.5 Å². The number of nitrogens with zero attached hydrogens (tertiary/aromatic N) is 1. The molecule has 0 fully saturated rings. The molecule has 0 aromatic heterocycles. The lowest BCUT2D eigenvalue weighted by molar-refractivity contribution is -0.120. The Labute approximate surface area is 156 Å². The van der Waals surface area contributed by atoms with Crippen LogP contribution in [-0.4, -0.2) is 31.5 Å². The molecule has 0 saturated carbocycles. The van der Waals surface area contributed by atoms with Crippen LogP contribution in [0.2, 0.25) is 0 Å². The summed E-state index contributed by atoms with van der Waals surface area (Å²) >= 11 is 0. The summed E-state index contributed by atoms with van der Waals surface area (Å²) in [5.74, 6) is 0.816. The first-order chi connectivity index (χ1) is 10.7. The number of hydrogen-bond donors (Lipinski definition) is 3. The number of halogens is 1. The van der Waals surface area contributed by atoms with Gasteiger partial charge in [-0.15, -0.1) is 24.0 Å². The summed E-state index contributed by atoms with van der Waals surface area (Å²) in [5.41, 5.74) is 2.41. The number of guanidine groups is 1. The maximum absolute atomic E-state index is 11.5. The highest BCUT2D eigenvalue weighted by molar-refractivity contribution is 14.0. The summed E-state index contributed by atoms with van der Waals surface area (Å²) in [5, 5.41) is 9.25. The Balaban J connectivity index is 0.00000484. The van der Waals surface area contributed by atoms with E-state index in [1.807, 2.05) is 19.9 Å². The molecule has 3 N–H and O–H groups in total. The molecule has 5 nitrogen and oxygen atoms in total. The number of hydrogen-bond acceptors (Lipinski definition) is 2. The van der Waals surface area contributed by atoms with Gasteiger partial charge in [0.15, 0.2) is 5.96 Å². The first-order valence-corrected chi connectivity index (χ1v) is 8.00. The van der Waals surface area contributed by atoms with E-state index in [1.165, 1.54) is 11.1 Å². The Morgan fingerprint density at radius 3 is 2.57 bits per heavy atom. The molecule has 0 aliphatic rings. The van der Waals surface area contributed by atoms with E-state index in [9.17, 15) is 4.79 Å². The molecule has 0 bridgehead atoms. The van der Waals surface area contributed by atoms with Crippen LogP contribution in [0.1, 0.15) is 37.8 Å². The Bertz CT molecular complexity index is 491. The predicted molar refractivity (Wildman–Crippen MR) is 107 cm³/mol. The van der Waals surface area contributed by atoms with Gasteiger partial charge < -0.3 is 16.0 Å². The number of nitrogens with one attached hydrogen (secondary N) is 3. The summed E-state index contributed by atoms with van der Waals surface area (Å²) < 4.78 is 0. The zero-order chi connectivity index (χ0) is 16.2. The number of amides is 1. The van der Waals surface area contributed by atoms with Crippen LogP contribution in [0.5, 0.6) is 0 Å². The van der Waals surface area contributed by atoms with Crippen LogP contribution in [0, 0.1) is 6.92 Å². The molecule has 0 radical (unpaired) electrons. The summed E-state index contributed by atoms with van der Waals surface area (Å²) in [6, 6.07) is 8.31. The van der Waals surface area contributed by atoms with Crippen molar-refractivity contribution in [1.29, 1.82) is 0 Å². The summed E-state index contributed by atoms with van der Waals surface area (Å²) in [6.07, 6.45) is 1.41. The molecule has 1 aromatic rings. The van der Waals surface area contributed by atoms with Crippen molar-refractivity contribution in [1.82, 2.24) is 16.0 Å². The molecule has 0 aliphatic heterocycles. The average molecular weight is 432 g/mol. The van der Waals surface area contributed by atoms with E-state index >= 15 is 0 Å². The van der Waals surface area contributed by atoms with Gasteiger partial charge >= 0.3 is 0 Å². The molecule has 1 aromatic carbocycles. The number of carbonyl (C=O) groups is 1. The van der Waals surface area contributed by atoms with Crippen LogP contribution in [0.25, 0.3) is 0 Å². The Hall–Kier alpha value is -1.31. The van der Waals surface area contributed by atoms with E-state index in [1.54, 1.807) is 0 Å². The molecule has 23 heavy (non-hydrogen) atoms. The molecule has 0 heterocycles. The maximum atomic E-state index is 11.5. The van der Waals surface area contributed by atoms with E-state index in [2.05, 4.69) is 46.1 Å². The second-order valence-electron chi connectivity index (χ2n) is 5.21. The fraction of sp³-hybridized carbons (Fsp3) is 0.529. The molecular weight excluding hydrogens is 403 g/mol. The number of aliphatic imine (C=N–C) groups is 1. The molecule has 6 heteroatoms. The van der Waals surface area contributed by atoms with E-state index in [4.69, 9.17) is 0 Å². The SMILES string of the molecule is CCCNC(=O)CCNC(=NCc1cccc(C)c1)NCC.I. The van der Waals surface area contributed by atoms with Gasteiger partial charge in [0, 0.05) is 26.1 Å². The van der Waals surface area contributed by atoms with Gasteiger partial charge in [0.1, 0.15) is 0 Å². The van der Waals surface area contributed by atoms with E-state index < -0.39 is 0 Å². The van der Waals surface area contributed by atoms with Crippen molar-refractivity contribution in [3.05, 3.63) is 35.4 Å². The molecule has 130 valence electrons. The van der Waals surface area contributed by atoms with Crippen molar-refractivity contribution in [3.63, 3.8) is 0 Å². The number of rotatable bonds is 8.